The lowest BCUT2D eigenvalue weighted by Gasteiger charge is -2.22. The quantitative estimate of drug-likeness (QED) is 0.406. The number of nitro benzene ring substituents is 1. The Bertz CT molecular complexity index is 985. The van der Waals surface area contributed by atoms with Gasteiger partial charge in [-0.05, 0) is 35.9 Å². The molecule has 1 unspecified atom stereocenters. The lowest BCUT2D eigenvalue weighted by molar-refractivity contribution is -0.384. The molecule has 0 aliphatic heterocycles. The number of sulfonamides is 1. The molecule has 0 radical (unpaired) electrons. The number of benzene rings is 2. The minimum atomic E-state index is -4.78. The van der Waals surface area contributed by atoms with Crippen molar-refractivity contribution in [2.75, 3.05) is 13.6 Å². The number of nitrogens with two attached hydrogens (primary N) is 1. The molecule has 7 nitrogen and oxygen atoms in total. The van der Waals surface area contributed by atoms with Gasteiger partial charge in [-0.3, -0.25) is 10.1 Å². The highest BCUT2D eigenvalue weighted by Gasteiger charge is 2.32. The van der Waals surface area contributed by atoms with Gasteiger partial charge in [0, 0.05) is 31.8 Å². The molecule has 13 heteroatoms. The van der Waals surface area contributed by atoms with Gasteiger partial charge in [-0.25, -0.2) is 12.8 Å². The summed E-state index contributed by atoms with van der Waals surface area (Å²) in [5.41, 5.74) is 4.02. The molecule has 2 N–H and O–H groups in total. The summed E-state index contributed by atoms with van der Waals surface area (Å²) >= 11 is 0. The summed E-state index contributed by atoms with van der Waals surface area (Å²) in [4.78, 5) is 9.68. The van der Waals surface area contributed by atoms with Crippen molar-refractivity contribution in [3.63, 3.8) is 0 Å². The average Bonchev–Trinajstić information content (AvgIpc) is 2.60. The third kappa shape index (κ3) is 5.85. The number of hydrogen-bond acceptors (Lipinski definition) is 5. The van der Waals surface area contributed by atoms with Gasteiger partial charge in [-0.1, -0.05) is 0 Å². The monoisotopic (exact) mass is 457 g/mol. The first-order valence-corrected chi connectivity index (χ1v) is 9.10. The number of nitro groups is 1. The van der Waals surface area contributed by atoms with Gasteiger partial charge >= 0.3 is 6.18 Å². The first-order chi connectivity index (χ1) is 12.8. The van der Waals surface area contributed by atoms with Gasteiger partial charge in [0.25, 0.3) is 5.69 Å². The van der Waals surface area contributed by atoms with Crippen molar-refractivity contribution in [1.29, 1.82) is 0 Å². The highest BCUT2D eigenvalue weighted by atomic mass is 35.5. The second-order valence-electron chi connectivity index (χ2n) is 5.91. The molecule has 1 atom stereocenters. The van der Waals surface area contributed by atoms with E-state index in [0.29, 0.717) is 12.1 Å². The van der Waals surface area contributed by atoms with E-state index in [9.17, 15) is 36.1 Å². The molecule has 0 amide bonds. The SMILES string of the molecule is CN(CC(N)c1cc(F)cc(C(F)(F)F)c1)S(=O)(=O)c1ccc([N+](=O)[O-])cc1.Cl. The van der Waals surface area contributed by atoms with Crippen molar-refractivity contribution in [2.24, 2.45) is 5.73 Å². The lowest BCUT2D eigenvalue weighted by Crippen LogP contribution is -2.34. The van der Waals surface area contributed by atoms with Crippen LogP contribution in [0.1, 0.15) is 17.2 Å². The molecule has 0 bridgehead atoms. The first kappa shape index (κ1) is 24.8. The van der Waals surface area contributed by atoms with Crippen LogP contribution in [0.3, 0.4) is 0 Å². The second kappa shape index (κ2) is 9.03. The molecular formula is C16H16ClF4N3O4S. The van der Waals surface area contributed by atoms with Crippen LogP contribution in [0.25, 0.3) is 0 Å². The van der Waals surface area contributed by atoms with E-state index in [0.717, 1.165) is 41.7 Å². The molecule has 2 rings (SSSR count). The third-order valence-electron chi connectivity index (χ3n) is 3.89. The van der Waals surface area contributed by atoms with Gasteiger partial charge in [0.05, 0.1) is 15.4 Å². The first-order valence-electron chi connectivity index (χ1n) is 7.66. The summed E-state index contributed by atoms with van der Waals surface area (Å²) in [6.45, 7) is -0.444. The molecule has 29 heavy (non-hydrogen) atoms. The lowest BCUT2D eigenvalue weighted by atomic mass is 10.0. The molecule has 0 saturated heterocycles. The Morgan fingerprint density at radius 3 is 2.21 bits per heavy atom. The zero-order valence-corrected chi connectivity index (χ0v) is 16.4. The van der Waals surface area contributed by atoms with E-state index in [4.69, 9.17) is 5.73 Å². The summed E-state index contributed by atoms with van der Waals surface area (Å²) in [5.74, 6) is -1.15. The minimum Gasteiger partial charge on any atom is -0.323 e. The van der Waals surface area contributed by atoms with Crippen LogP contribution >= 0.6 is 12.4 Å². The van der Waals surface area contributed by atoms with E-state index in [2.05, 4.69) is 0 Å². The standard InChI is InChI=1S/C16H15F4N3O4S.ClH/c1-22(28(26,27)14-4-2-13(3-5-14)23(24)25)9-15(21)10-6-11(16(18,19)20)8-12(17)7-10;/h2-8,15H,9,21H2,1H3;1H. The largest absolute Gasteiger partial charge is 0.416 e. The van der Waals surface area contributed by atoms with Crippen LogP contribution < -0.4 is 5.73 Å². The zero-order chi connectivity index (χ0) is 21.3. The van der Waals surface area contributed by atoms with Gasteiger partial charge in [-0.2, -0.15) is 17.5 Å². The molecule has 0 saturated carbocycles. The number of halogens is 5. The van der Waals surface area contributed by atoms with Crippen molar-refractivity contribution in [3.8, 4) is 0 Å². The Labute approximate surface area is 169 Å². The van der Waals surface area contributed by atoms with Crippen LogP contribution in [0.15, 0.2) is 47.4 Å². The highest BCUT2D eigenvalue weighted by Crippen LogP contribution is 2.31. The summed E-state index contributed by atoms with van der Waals surface area (Å²) in [7, 11) is -2.98. The Balaban J connectivity index is 0.00000420. The Hall–Kier alpha value is -2.28. The van der Waals surface area contributed by atoms with E-state index in [-0.39, 0.29) is 28.6 Å². The van der Waals surface area contributed by atoms with Crippen LogP contribution in [0.4, 0.5) is 23.2 Å². The summed E-state index contributed by atoms with van der Waals surface area (Å²) in [5, 5.41) is 10.6. The molecular weight excluding hydrogens is 442 g/mol. The predicted molar refractivity (Wildman–Crippen MR) is 98.5 cm³/mol. The van der Waals surface area contributed by atoms with Gasteiger partial charge in [-0.15, -0.1) is 12.4 Å². The molecule has 0 aromatic heterocycles. The number of rotatable bonds is 6. The van der Waals surface area contributed by atoms with E-state index in [1.165, 1.54) is 0 Å². The van der Waals surface area contributed by atoms with Crippen LogP contribution in [0.5, 0.6) is 0 Å². The van der Waals surface area contributed by atoms with Crippen LogP contribution in [0.2, 0.25) is 0 Å². The topological polar surface area (TPSA) is 107 Å². The molecule has 0 spiro atoms. The number of non-ortho nitro benzene ring substituents is 1. The van der Waals surface area contributed by atoms with Crippen molar-refractivity contribution < 1.29 is 30.9 Å². The number of alkyl halides is 3. The van der Waals surface area contributed by atoms with Gasteiger partial charge in [0.2, 0.25) is 10.0 Å². The zero-order valence-electron chi connectivity index (χ0n) is 14.8. The molecule has 2 aromatic carbocycles. The fourth-order valence-corrected chi connectivity index (χ4v) is 3.59. The van der Waals surface area contributed by atoms with Crippen LogP contribution in [-0.2, 0) is 16.2 Å². The van der Waals surface area contributed by atoms with E-state index in [1.807, 2.05) is 0 Å². The Kier molecular flexibility index (Phi) is 7.71. The summed E-state index contributed by atoms with van der Waals surface area (Å²) < 4.78 is 77.8. The van der Waals surface area contributed by atoms with Crippen molar-refractivity contribution in [2.45, 2.75) is 17.1 Å². The van der Waals surface area contributed by atoms with E-state index >= 15 is 0 Å². The maximum Gasteiger partial charge on any atom is 0.416 e. The summed E-state index contributed by atoms with van der Waals surface area (Å²) in [6.07, 6.45) is -4.78. The van der Waals surface area contributed by atoms with Crippen molar-refractivity contribution in [3.05, 3.63) is 69.5 Å². The second-order valence-corrected chi connectivity index (χ2v) is 7.96. The number of hydrogen-bond donors (Lipinski definition) is 1. The predicted octanol–water partition coefficient (Wildman–Crippen LogP) is 3.50. The third-order valence-corrected chi connectivity index (χ3v) is 5.72. The highest BCUT2D eigenvalue weighted by molar-refractivity contribution is 7.89. The normalized spacial score (nSPS) is 13.1. The van der Waals surface area contributed by atoms with Gasteiger partial charge < -0.3 is 5.73 Å². The van der Waals surface area contributed by atoms with Gasteiger partial charge in [0.1, 0.15) is 5.82 Å². The molecule has 2 aromatic rings. The fourth-order valence-electron chi connectivity index (χ4n) is 2.39. The Morgan fingerprint density at radius 2 is 1.72 bits per heavy atom. The Morgan fingerprint density at radius 1 is 1.17 bits per heavy atom. The number of nitrogens with zero attached hydrogens (tertiary/aromatic N) is 2. The smallest absolute Gasteiger partial charge is 0.323 e. The fraction of sp³-hybridized carbons (Fsp3) is 0.250. The van der Waals surface area contributed by atoms with Crippen molar-refractivity contribution >= 4 is 28.1 Å². The molecule has 0 heterocycles. The minimum absolute atomic E-state index is 0. The maximum absolute atomic E-state index is 13.5. The number of likely N-dealkylation sites (N-methyl/N-ethyl adjacent to an activating group) is 1. The summed E-state index contributed by atoms with van der Waals surface area (Å²) in [6, 6.07) is 4.58. The van der Waals surface area contributed by atoms with Crippen LogP contribution in [-0.4, -0.2) is 31.2 Å². The van der Waals surface area contributed by atoms with Crippen LogP contribution in [0, 0.1) is 15.9 Å². The average molecular weight is 458 g/mol. The van der Waals surface area contributed by atoms with E-state index < -0.39 is 45.1 Å². The molecule has 0 fully saturated rings. The molecule has 0 aliphatic carbocycles. The van der Waals surface area contributed by atoms with E-state index in [1.54, 1.807) is 0 Å². The van der Waals surface area contributed by atoms with Crippen molar-refractivity contribution in [1.82, 2.24) is 4.31 Å². The van der Waals surface area contributed by atoms with Gasteiger partial charge in [0.15, 0.2) is 0 Å². The molecule has 160 valence electrons. The molecule has 0 aliphatic rings. The maximum atomic E-state index is 13.5.